The maximum atomic E-state index is 13.1. The van der Waals surface area contributed by atoms with Crippen LogP contribution in [-0.2, 0) is 23.2 Å². The number of phenolic OH excluding ortho intramolecular Hbond substituents is 1. The highest BCUT2D eigenvalue weighted by Gasteiger charge is 2.67. The number of rotatable bonds is 3. The molecule has 1 saturated heterocycles. The number of hydrogen-bond acceptors (Lipinski definition) is 4. The van der Waals surface area contributed by atoms with E-state index in [4.69, 9.17) is 0 Å². The molecule has 1 aliphatic heterocycles. The Morgan fingerprint density at radius 2 is 2.00 bits per heavy atom. The molecule has 5 rings (SSSR count). The van der Waals surface area contributed by atoms with Gasteiger partial charge in [0.2, 0.25) is 5.91 Å². The van der Waals surface area contributed by atoms with Gasteiger partial charge in [0.1, 0.15) is 5.75 Å². The Balaban J connectivity index is 1.46. The Kier molecular flexibility index (Phi) is 4.23. The van der Waals surface area contributed by atoms with Gasteiger partial charge in [-0.05, 0) is 68.1 Å². The van der Waals surface area contributed by atoms with E-state index in [1.54, 1.807) is 6.07 Å². The summed E-state index contributed by atoms with van der Waals surface area (Å²) in [5, 5.41) is 25.2. The van der Waals surface area contributed by atoms with E-state index >= 15 is 0 Å². The lowest BCUT2D eigenvalue weighted by Gasteiger charge is -2.58. The third kappa shape index (κ3) is 2.71. The highest BCUT2D eigenvalue weighted by molar-refractivity contribution is 5.80. The fourth-order valence-corrected chi connectivity index (χ4v) is 6.22. The average molecular weight is 392 g/mol. The monoisotopic (exact) mass is 392 g/mol. The van der Waals surface area contributed by atoms with E-state index in [0.717, 1.165) is 30.5 Å². The van der Waals surface area contributed by atoms with Gasteiger partial charge in [-0.3, -0.25) is 4.79 Å². The highest BCUT2D eigenvalue weighted by Crippen LogP contribution is 2.61. The Bertz CT molecular complexity index is 946. The van der Waals surface area contributed by atoms with Gasteiger partial charge in [-0.2, -0.15) is 0 Å². The van der Waals surface area contributed by atoms with Crippen molar-refractivity contribution in [1.82, 2.24) is 10.2 Å². The van der Waals surface area contributed by atoms with Gasteiger partial charge in [0.25, 0.3) is 0 Å². The number of likely N-dealkylation sites (tertiary alicyclic amines) is 1. The van der Waals surface area contributed by atoms with Crippen LogP contribution in [0.2, 0.25) is 0 Å². The number of likely N-dealkylation sites (N-methyl/N-ethyl adjacent to an activating group) is 1. The molecule has 2 fully saturated rings. The van der Waals surface area contributed by atoms with Crippen LogP contribution < -0.4 is 5.32 Å². The Morgan fingerprint density at radius 3 is 2.79 bits per heavy atom. The van der Waals surface area contributed by atoms with Crippen molar-refractivity contribution in [2.24, 2.45) is 5.92 Å². The molecular formula is C24H28N2O3. The largest absolute Gasteiger partial charge is 0.508 e. The molecule has 1 amide bonds. The first-order valence-corrected chi connectivity index (χ1v) is 10.5. The minimum Gasteiger partial charge on any atom is -0.508 e. The fourth-order valence-electron chi connectivity index (χ4n) is 6.22. The quantitative estimate of drug-likeness (QED) is 0.750. The van der Waals surface area contributed by atoms with E-state index in [1.807, 2.05) is 42.5 Å². The van der Waals surface area contributed by atoms with Gasteiger partial charge in [-0.25, -0.2) is 0 Å². The molecule has 4 atom stereocenters. The van der Waals surface area contributed by atoms with Gasteiger partial charge in [-0.1, -0.05) is 36.4 Å². The summed E-state index contributed by atoms with van der Waals surface area (Å²) in [4.78, 5) is 15.3. The smallest absolute Gasteiger partial charge is 0.223 e. The zero-order chi connectivity index (χ0) is 20.2. The van der Waals surface area contributed by atoms with Crippen molar-refractivity contribution >= 4 is 5.91 Å². The van der Waals surface area contributed by atoms with Gasteiger partial charge in [0.05, 0.1) is 5.60 Å². The van der Waals surface area contributed by atoms with E-state index in [0.29, 0.717) is 19.4 Å². The normalized spacial score (nSPS) is 33.0. The number of benzene rings is 2. The Morgan fingerprint density at radius 1 is 1.21 bits per heavy atom. The summed E-state index contributed by atoms with van der Waals surface area (Å²) < 4.78 is 0. The molecule has 5 nitrogen and oxygen atoms in total. The van der Waals surface area contributed by atoms with Crippen LogP contribution in [0.15, 0.2) is 48.5 Å². The first-order chi connectivity index (χ1) is 13.9. The zero-order valence-corrected chi connectivity index (χ0v) is 16.8. The lowest BCUT2D eigenvalue weighted by Crippen LogP contribution is -2.68. The number of carbonyl (C=O) groups excluding carboxylic acids is 1. The molecule has 152 valence electrons. The predicted octanol–water partition coefficient (Wildman–Crippen LogP) is 2.35. The summed E-state index contributed by atoms with van der Waals surface area (Å²) in [6.07, 6.45) is 2.65. The third-order valence-corrected chi connectivity index (χ3v) is 7.66. The molecule has 5 heteroatoms. The van der Waals surface area contributed by atoms with Gasteiger partial charge >= 0.3 is 0 Å². The summed E-state index contributed by atoms with van der Waals surface area (Å²) in [7, 11) is 2.07. The van der Waals surface area contributed by atoms with Crippen LogP contribution in [-0.4, -0.2) is 46.3 Å². The Hall–Kier alpha value is -2.37. The fraction of sp³-hybridized carbons (Fsp3) is 0.458. The van der Waals surface area contributed by atoms with Crippen LogP contribution in [0, 0.1) is 5.92 Å². The number of aromatic hydroxyl groups is 1. The first-order valence-electron chi connectivity index (χ1n) is 10.5. The molecule has 1 heterocycles. The number of nitrogens with zero attached hydrogens (tertiary/aromatic N) is 1. The van der Waals surface area contributed by atoms with Gasteiger partial charge in [-0.15, -0.1) is 0 Å². The molecule has 1 saturated carbocycles. The molecule has 0 radical (unpaired) electrons. The molecule has 0 spiro atoms. The number of aliphatic hydroxyl groups is 1. The van der Waals surface area contributed by atoms with Crippen molar-refractivity contribution in [3.05, 3.63) is 65.2 Å². The molecular weight excluding hydrogens is 364 g/mol. The number of piperidine rings is 1. The summed E-state index contributed by atoms with van der Waals surface area (Å²) in [5.74, 6) is 0.0157. The van der Waals surface area contributed by atoms with Crippen LogP contribution in [0.3, 0.4) is 0 Å². The number of carbonyl (C=O) groups is 1. The summed E-state index contributed by atoms with van der Waals surface area (Å²) in [6, 6.07) is 15.4. The van der Waals surface area contributed by atoms with Crippen molar-refractivity contribution in [3.63, 3.8) is 0 Å². The number of phenols is 1. The average Bonchev–Trinajstić information content (AvgIpc) is 3.06. The summed E-state index contributed by atoms with van der Waals surface area (Å²) in [5.41, 5.74) is 1.89. The topological polar surface area (TPSA) is 72.8 Å². The van der Waals surface area contributed by atoms with Crippen molar-refractivity contribution in [2.75, 3.05) is 13.6 Å². The molecule has 3 aliphatic rings. The lowest BCUT2D eigenvalue weighted by molar-refractivity contribution is -0.129. The second-order valence-corrected chi connectivity index (χ2v) is 9.11. The minimum atomic E-state index is -0.949. The standard InChI is InChI=1S/C24H28N2O3/c1-26-10-9-23-13-18(22(28)25-15-16-5-3-2-4-6-16)14-24(23,29)21(26)11-17-7-8-19(27)12-20(17)23/h2-8,12,18,21,27,29H,9-11,13-15H2,1H3,(H,25,28). The van der Waals surface area contributed by atoms with Gasteiger partial charge in [0, 0.05) is 23.9 Å². The molecule has 2 aliphatic carbocycles. The van der Waals surface area contributed by atoms with Crippen LogP contribution >= 0.6 is 0 Å². The predicted molar refractivity (Wildman–Crippen MR) is 110 cm³/mol. The second-order valence-electron chi connectivity index (χ2n) is 9.11. The van der Waals surface area contributed by atoms with Crippen molar-refractivity contribution in [2.45, 2.75) is 49.3 Å². The molecule has 4 unspecified atom stereocenters. The van der Waals surface area contributed by atoms with Crippen LogP contribution in [0.1, 0.15) is 36.0 Å². The van der Waals surface area contributed by atoms with E-state index in [-0.39, 0.29) is 23.6 Å². The van der Waals surface area contributed by atoms with Crippen LogP contribution in [0.4, 0.5) is 0 Å². The molecule has 2 aromatic carbocycles. The van der Waals surface area contributed by atoms with E-state index in [1.165, 1.54) is 5.56 Å². The molecule has 3 N–H and O–H groups in total. The minimum absolute atomic E-state index is 0.000200. The van der Waals surface area contributed by atoms with Gasteiger partial charge in [0.15, 0.2) is 0 Å². The zero-order valence-electron chi connectivity index (χ0n) is 16.8. The van der Waals surface area contributed by atoms with Crippen molar-refractivity contribution in [3.8, 4) is 5.75 Å². The maximum absolute atomic E-state index is 13.1. The van der Waals surface area contributed by atoms with Crippen LogP contribution in [0.25, 0.3) is 0 Å². The number of hydrogen-bond donors (Lipinski definition) is 3. The van der Waals surface area contributed by atoms with E-state index < -0.39 is 11.0 Å². The Labute approximate surface area is 171 Å². The van der Waals surface area contributed by atoms with Crippen molar-refractivity contribution < 1.29 is 15.0 Å². The first kappa shape index (κ1) is 18.6. The second kappa shape index (κ2) is 6.57. The molecule has 29 heavy (non-hydrogen) atoms. The van der Waals surface area contributed by atoms with Crippen molar-refractivity contribution in [1.29, 1.82) is 0 Å². The molecule has 2 bridgehead atoms. The SMILES string of the molecule is CN1CCC23CC(C(=O)NCc4ccccc4)CC2(O)C1Cc1ccc(O)cc13. The van der Waals surface area contributed by atoms with Gasteiger partial charge < -0.3 is 20.4 Å². The van der Waals surface area contributed by atoms with E-state index in [2.05, 4.69) is 17.3 Å². The molecule has 0 aromatic heterocycles. The van der Waals surface area contributed by atoms with Crippen LogP contribution in [0.5, 0.6) is 5.75 Å². The summed E-state index contributed by atoms with van der Waals surface area (Å²) >= 11 is 0. The number of nitrogens with one attached hydrogen (secondary N) is 1. The lowest BCUT2D eigenvalue weighted by atomic mass is 9.56. The number of amides is 1. The van der Waals surface area contributed by atoms with E-state index in [9.17, 15) is 15.0 Å². The third-order valence-electron chi connectivity index (χ3n) is 7.66. The maximum Gasteiger partial charge on any atom is 0.223 e. The number of fused-ring (bicyclic) bond motifs is 1. The summed E-state index contributed by atoms with van der Waals surface area (Å²) in [6.45, 7) is 1.39. The molecule has 2 aromatic rings. The highest BCUT2D eigenvalue weighted by atomic mass is 16.3.